The Labute approximate surface area is 165 Å². The molecule has 1 amide bonds. The third-order valence-electron chi connectivity index (χ3n) is 4.62. The van der Waals surface area contributed by atoms with E-state index in [1.807, 2.05) is 0 Å². The second kappa shape index (κ2) is 8.36. The van der Waals surface area contributed by atoms with Gasteiger partial charge in [0.25, 0.3) is 5.91 Å². The zero-order chi connectivity index (χ0) is 20.2. The summed E-state index contributed by atoms with van der Waals surface area (Å²) in [4.78, 5) is 12.6. The van der Waals surface area contributed by atoms with Gasteiger partial charge in [0.2, 0.25) is 0 Å². The summed E-state index contributed by atoms with van der Waals surface area (Å²) in [5, 5.41) is 14.0. The molecule has 2 aromatic carbocycles. The summed E-state index contributed by atoms with van der Waals surface area (Å²) in [7, 11) is 0. The molecule has 1 saturated heterocycles. The molecule has 0 radical (unpaired) electrons. The van der Waals surface area contributed by atoms with Crippen LogP contribution in [-0.4, -0.2) is 34.0 Å². The molecule has 0 atom stereocenters. The predicted octanol–water partition coefficient (Wildman–Crippen LogP) is 3.53. The SMILES string of the molecule is O=C(Nc1ccccc1Oc1cc(F)cc(F)c1)c1cn(C2CCNCC2)nn1. The third kappa shape index (κ3) is 4.57. The minimum atomic E-state index is -0.754. The Bertz CT molecular complexity index is 997. The summed E-state index contributed by atoms with van der Waals surface area (Å²) >= 11 is 0. The molecule has 1 fully saturated rings. The van der Waals surface area contributed by atoms with Crippen LogP contribution < -0.4 is 15.4 Å². The van der Waals surface area contributed by atoms with Crippen molar-refractivity contribution in [3.8, 4) is 11.5 Å². The predicted molar refractivity (Wildman–Crippen MR) is 102 cm³/mol. The number of carbonyl (C=O) groups excluding carboxylic acids is 1. The first-order valence-electron chi connectivity index (χ1n) is 9.25. The van der Waals surface area contributed by atoms with E-state index in [0.29, 0.717) is 5.69 Å². The van der Waals surface area contributed by atoms with Crippen molar-refractivity contribution in [2.75, 3.05) is 18.4 Å². The lowest BCUT2D eigenvalue weighted by Gasteiger charge is -2.22. The van der Waals surface area contributed by atoms with Crippen LogP contribution in [0.25, 0.3) is 0 Å². The summed E-state index contributed by atoms with van der Waals surface area (Å²) < 4.78 is 34.1. The lowest BCUT2D eigenvalue weighted by Crippen LogP contribution is -2.29. The summed E-state index contributed by atoms with van der Waals surface area (Å²) in [6.45, 7) is 1.80. The van der Waals surface area contributed by atoms with Crippen LogP contribution >= 0.6 is 0 Å². The van der Waals surface area contributed by atoms with Gasteiger partial charge in [-0.1, -0.05) is 17.3 Å². The molecule has 1 aromatic heterocycles. The van der Waals surface area contributed by atoms with E-state index in [1.165, 1.54) is 0 Å². The monoisotopic (exact) mass is 399 g/mol. The molecular weight excluding hydrogens is 380 g/mol. The van der Waals surface area contributed by atoms with Gasteiger partial charge in [0.05, 0.1) is 17.9 Å². The molecule has 2 N–H and O–H groups in total. The molecule has 29 heavy (non-hydrogen) atoms. The number of piperidine rings is 1. The highest BCUT2D eigenvalue weighted by Gasteiger charge is 2.19. The molecule has 9 heteroatoms. The Hall–Kier alpha value is -3.33. The van der Waals surface area contributed by atoms with E-state index < -0.39 is 17.5 Å². The van der Waals surface area contributed by atoms with Gasteiger partial charge >= 0.3 is 0 Å². The van der Waals surface area contributed by atoms with Crippen molar-refractivity contribution >= 4 is 11.6 Å². The summed E-state index contributed by atoms with van der Waals surface area (Å²) in [5.41, 5.74) is 0.522. The molecule has 3 aromatic rings. The molecule has 150 valence electrons. The number of anilines is 1. The van der Waals surface area contributed by atoms with Crippen LogP contribution in [0.15, 0.2) is 48.7 Å². The largest absolute Gasteiger partial charge is 0.455 e. The van der Waals surface area contributed by atoms with Gasteiger partial charge < -0.3 is 15.4 Å². The Morgan fingerprint density at radius 3 is 2.62 bits per heavy atom. The maximum atomic E-state index is 13.4. The molecule has 0 aliphatic carbocycles. The summed E-state index contributed by atoms with van der Waals surface area (Å²) in [5.74, 6) is -1.73. The second-order valence-electron chi connectivity index (χ2n) is 6.72. The molecule has 2 heterocycles. The fraction of sp³-hybridized carbons (Fsp3) is 0.250. The molecule has 1 aliphatic heterocycles. The van der Waals surface area contributed by atoms with E-state index in [2.05, 4.69) is 20.9 Å². The lowest BCUT2D eigenvalue weighted by atomic mass is 10.1. The topological polar surface area (TPSA) is 81.1 Å². The Kier molecular flexibility index (Phi) is 5.48. The average Bonchev–Trinajstić information content (AvgIpc) is 3.20. The Morgan fingerprint density at radius 2 is 1.86 bits per heavy atom. The van der Waals surface area contributed by atoms with Crippen molar-refractivity contribution in [2.24, 2.45) is 0 Å². The Balaban J connectivity index is 1.49. The van der Waals surface area contributed by atoms with Crippen LogP contribution in [0.3, 0.4) is 0 Å². The summed E-state index contributed by atoms with van der Waals surface area (Å²) in [6.07, 6.45) is 3.47. The first-order chi connectivity index (χ1) is 14.1. The standard InChI is InChI=1S/C20H19F2N5O2/c21-13-9-14(22)11-16(10-13)29-19-4-2-1-3-17(19)24-20(28)18-12-27(26-25-18)15-5-7-23-8-6-15/h1-4,9-12,15,23H,5-8H2,(H,24,28). The van der Waals surface area contributed by atoms with E-state index in [9.17, 15) is 13.6 Å². The van der Waals surface area contributed by atoms with Crippen LogP contribution in [0.4, 0.5) is 14.5 Å². The van der Waals surface area contributed by atoms with E-state index in [-0.39, 0.29) is 23.2 Å². The second-order valence-corrected chi connectivity index (χ2v) is 6.72. The first-order valence-corrected chi connectivity index (χ1v) is 9.25. The van der Waals surface area contributed by atoms with Crippen LogP contribution in [0.1, 0.15) is 29.4 Å². The third-order valence-corrected chi connectivity index (χ3v) is 4.62. The molecule has 0 bridgehead atoms. The van der Waals surface area contributed by atoms with Crippen molar-refractivity contribution in [1.82, 2.24) is 20.3 Å². The van der Waals surface area contributed by atoms with Gasteiger partial charge in [-0.2, -0.15) is 0 Å². The normalized spacial score (nSPS) is 14.6. The molecule has 1 aliphatic rings. The molecule has 0 spiro atoms. The van der Waals surface area contributed by atoms with Gasteiger partial charge in [-0.25, -0.2) is 13.5 Å². The number of amides is 1. The molecular formula is C20H19F2N5O2. The number of para-hydroxylation sites is 2. The highest BCUT2D eigenvalue weighted by Crippen LogP contribution is 2.30. The van der Waals surface area contributed by atoms with E-state index in [4.69, 9.17) is 4.74 Å². The van der Waals surface area contributed by atoms with Crippen molar-refractivity contribution in [2.45, 2.75) is 18.9 Å². The number of carbonyl (C=O) groups is 1. The maximum absolute atomic E-state index is 13.4. The van der Waals surface area contributed by atoms with E-state index in [1.54, 1.807) is 35.1 Å². The van der Waals surface area contributed by atoms with Gasteiger partial charge in [-0.15, -0.1) is 5.10 Å². The number of rotatable bonds is 5. The molecule has 7 nitrogen and oxygen atoms in total. The number of nitrogens with zero attached hydrogens (tertiary/aromatic N) is 3. The highest BCUT2D eigenvalue weighted by atomic mass is 19.1. The fourth-order valence-corrected chi connectivity index (χ4v) is 3.19. The zero-order valence-electron chi connectivity index (χ0n) is 15.4. The van der Waals surface area contributed by atoms with Gasteiger partial charge in [0, 0.05) is 18.2 Å². The number of hydrogen-bond acceptors (Lipinski definition) is 5. The number of nitrogens with one attached hydrogen (secondary N) is 2. The average molecular weight is 399 g/mol. The minimum Gasteiger partial charge on any atom is -0.455 e. The van der Waals surface area contributed by atoms with Crippen molar-refractivity contribution in [1.29, 1.82) is 0 Å². The van der Waals surface area contributed by atoms with E-state index >= 15 is 0 Å². The minimum absolute atomic E-state index is 0.0129. The quantitative estimate of drug-likeness (QED) is 0.686. The number of benzene rings is 2. The van der Waals surface area contributed by atoms with Crippen LogP contribution in [0.5, 0.6) is 11.5 Å². The van der Waals surface area contributed by atoms with Crippen LogP contribution in [0, 0.1) is 11.6 Å². The fourth-order valence-electron chi connectivity index (χ4n) is 3.19. The van der Waals surface area contributed by atoms with Crippen molar-refractivity contribution in [3.63, 3.8) is 0 Å². The van der Waals surface area contributed by atoms with Crippen molar-refractivity contribution in [3.05, 3.63) is 66.0 Å². The van der Waals surface area contributed by atoms with Gasteiger partial charge in [-0.3, -0.25) is 4.79 Å². The maximum Gasteiger partial charge on any atom is 0.277 e. The van der Waals surface area contributed by atoms with Crippen LogP contribution in [0.2, 0.25) is 0 Å². The summed E-state index contributed by atoms with van der Waals surface area (Å²) in [6, 6.07) is 9.70. The Morgan fingerprint density at radius 1 is 1.14 bits per heavy atom. The number of halogens is 2. The first kappa shape index (κ1) is 19.0. The highest BCUT2D eigenvalue weighted by molar-refractivity contribution is 6.03. The number of ether oxygens (including phenoxy) is 1. The zero-order valence-corrected chi connectivity index (χ0v) is 15.4. The molecule has 0 saturated carbocycles. The van der Waals surface area contributed by atoms with Crippen molar-refractivity contribution < 1.29 is 18.3 Å². The van der Waals surface area contributed by atoms with Gasteiger partial charge in [0.1, 0.15) is 17.4 Å². The molecule has 4 rings (SSSR count). The number of aromatic nitrogens is 3. The smallest absolute Gasteiger partial charge is 0.277 e. The van der Waals surface area contributed by atoms with E-state index in [0.717, 1.165) is 44.1 Å². The van der Waals surface area contributed by atoms with Crippen LogP contribution in [-0.2, 0) is 0 Å². The van der Waals surface area contributed by atoms with Gasteiger partial charge in [-0.05, 0) is 38.1 Å². The molecule has 0 unspecified atom stereocenters. The lowest BCUT2D eigenvalue weighted by molar-refractivity contribution is 0.102. The van der Waals surface area contributed by atoms with Gasteiger partial charge in [0.15, 0.2) is 11.4 Å². The number of hydrogen-bond donors (Lipinski definition) is 2.